The largest absolute Gasteiger partial charge is 0.495 e. The van der Waals surface area contributed by atoms with Gasteiger partial charge in [-0.1, -0.05) is 0 Å². The van der Waals surface area contributed by atoms with E-state index in [1.807, 2.05) is 54.3 Å². The third kappa shape index (κ3) is 4.13. The summed E-state index contributed by atoms with van der Waals surface area (Å²) < 4.78 is 15.1. The highest BCUT2D eigenvalue weighted by Crippen LogP contribution is 2.37. The Morgan fingerprint density at radius 1 is 1.08 bits per heavy atom. The Labute approximate surface area is 211 Å². The number of pyridine rings is 2. The van der Waals surface area contributed by atoms with E-state index in [1.165, 1.54) is 18.0 Å². The zero-order valence-electron chi connectivity index (χ0n) is 20.2. The lowest BCUT2D eigenvalue weighted by molar-refractivity contribution is 0.417. The number of rotatable bonds is 7. The Kier molecular flexibility index (Phi) is 6.30. The van der Waals surface area contributed by atoms with Crippen LogP contribution in [-0.2, 0) is 7.05 Å². The van der Waals surface area contributed by atoms with Gasteiger partial charge in [-0.3, -0.25) is 19.1 Å². The number of allylic oxidation sites excluding steroid dienone is 1. The smallest absolute Gasteiger partial charge is 0.203 e. The molecule has 1 aromatic carbocycles. The molecular formula is C25H24N8O2S. The predicted octanol–water partition coefficient (Wildman–Crippen LogP) is 3.85. The first-order chi connectivity index (χ1) is 17.6. The van der Waals surface area contributed by atoms with Crippen LogP contribution in [0.3, 0.4) is 0 Å². The molecule has 5 rings (SSSR count). The Morgan fingerprint density at radius 3 is 2.64 bits per heavy atom. The summed E-state index contributed by atoms with van der Waals surface area (Å²) in [5.41, 5.74) is 10.7. The molecule has 5 aromatic rings. The summed E-state index contributed by atoms with van der Waals surface area (Å²) in [6, 6.07) is 7.91. The van der Waals surface area contributed by atoms with E-state index in [4.69, 9.17) is 15.2 Å². The molecule has 36 heavy (non-hydrogen) atoms. The van der Waals surface area contributed by atoms with Crippen LogP contribution >= 0.6 is 11.8 Å². The molecule has 10 nitrogen and oxygen atoms in total. The van der Waals surface area contributed by atoms with Crippen LogP contribution in [0.4, 0.5) is 0 Å². The second kappa shape index (κ2) is 9.70. The van der Waals surface area contributed by atoms with Gasteiger partial charge in [0.05, 0.1) is 25.9 Å². The Bertz CT molecular complexity index is 1640. The van der Waals surface area contributed by atoms with Crippen molar-refractivity contribution in [2.45, 2.75) is 10.1 Å². The van der Waals surface area contributed by atoms with Crippen LogP contribution in [0.2, 0.25) is 0 Å². The van der Waals surface area contributed by atoms with Crippen molar-refractivity contribution in [2.24, 2.45) is 17.8 Å². The normalized spacial score (nSPS) is 12.2. The van der Waals surface area contributed by atoms with Gasteiger partial charge in [0, 0.05) is 77.6 Å². The highest BCUT2D eigenvalue weighted by atomic mass is 32.2. The molecule has 0 aliphatic heterocycles. The second-order valence-electron chi connectivity index (χ2n) is 7.87. The van der Waals surface area contributed by atoms with Gasteiger partial charge in [0.25, 0.3) is 0 Å². The predicted molar refractivity (Wildman–Crippen MR) is 141 cm³/mol. The minimum atomic E-state index is 0.628. The first kappa shape index (κ1) is 23.4. The van der Waals surface area contributed by atoms with Crippen molar-refractivity contribution < 1.29 is 9.47 Å². The number of aryl methyl sites for hydroxylation is 1. The van der Waals surface area contributed by atoms with Gasteiger partial charge in [-0.25, -0.2) is 0 Å². The van der Waals surface area contributed by atoms with Gasteiger partial charge >= 0.3 is 0 Å². The molecule has 0 saturated heterocycles. The van der Waals surface area contributed by atoms with Crippen molar-refractivity contribution >= 4 is 40.1 Å². The number of aromatic nitrogens is 6. The molecule has 11 heteroatoms. The van der Waals surface area contributed by atoms with E-state index in [2.05, 4.69) is 25.3 Å². The average molecular weight is 501 g/mol. The van der Waals surface area contributed by atoms with Crippen LogP contribution in [0.5, 0.6) is 11.5 Å². The lowest BCUT2D eigenvalue weighted by Gasteiger charge is -2.12. The van der Waals surface area contributed by atoms with Crippen molar-refractivity contribution in [2.75, 3.05) is 21.3 Å². The number of methoxy groups -OCH3 is 2. The third-order valence-corrected chi connectivity index (χ3v) is 6.61. The van der Waals surface area contributed by atoms with Gasteiger partial charge in [0.1, 0.15) is 5.75 Å². The topological polar surface area (TPSA) is 118 Å². The summed E-state index contributed by atoms with van der Waals surface area (Å²) in [6.45, 7) is 0. The highest BCUT2D eigenvalue weighted by molar-refractivity contribution is 7.99. The fourth-order valence-corrected chi connectivity index (χ4v) is 4.82. The molecule has 0 aliphatic rings. The van der Waals surface area contributed by atoms with E-state index in [9.17, 15) is 0 Å². The maximum absolute atomic E-state index is 5.84. The van der Waals surface area contributed by atoms with Crippen LogP contribution in [0, 0.1) is 0 Å². The molecular weight excluding hydrogens is 476 g/mol. The van der Waals surface area contributed by atoms with E-state index in [0.717, 1.165) is 38.1 Å². The molecule has 0 amide bonds. The molecule has 0 aliphatic carbocycles. The number of benzene rings is 1. The Balaban J connectivity index is 1.60. The highest BCUT2D eigenvalue weighted by Gasteiger charge is 2.17. The molecule has 0 radical (unpaired) electrons. The summed E-state index contributed by atoms with van der Waals surface area (Å²) in [7, 11) is 6.83. The summed E-state index contributed by atoms with van der Waals surface area (Å²) in [5.74, 6) is 1.30. The van der Waals surface area contributed by atoms with Gasteiger partial charge in [-0.15, -0.1) is 10.2 Å². The van der Waals surface area contributed by atoms with Crippen LogP contribution in [0.15, 0.2) is 70.3 Å². The fourth-order valence-electron chi connectivity index (χ4n) is 3.97. The molecule has 2 N–H and O–H groups in total. The van der Waals surface area contributed by atoms with Gasteiger partial charge in [-0.2, -0.15) is 5.10 Å². The van der Waals surface area contributed by atoms with Crippen LogP contribution in [-0.4, -0.2) is 56.8 Å². The Hall–Kier alpha value is -4.38. The van der Waals surface area contributed by atoms with Gasteiger partial charge < -0.3 is 15.2 Å². The number of ether oxygens (including phenoxy) is 2. The lowest BCUT2D eigenvalue weighted by atomic mass is 10.1. The summed E-state index contributed by atoms with van der Waals surface area (Å²) >= 11 is 1.48. The van der Waals surface area contributed by atoms with E-state index >= 15 is 0 Å². The van der Waals surface area contributed by atoms with E-state index < -0.39 is 0 Å². The van der Waals surface area contributed by atoms with Crippen molar-refractivity contribution in [3.05, 3.63) is 60.8 Å². The number of nitrogens with zero attached hydrogens (tertiary/aromatic N) is 7. The van der Waals surface area contributed by atoms with E-state index in [0.29, 0.717) is 22.3 Å². The van der Waals surface area contributed by atoms with Crippen molar-refractivity contribution in [1.82, 2.24) is 29.4 Å². The molecule has 0 saturated carbocycles. The first-order valence-corrected chi connectivity index (χ1v) is 11.8. The average Bonchev–Trinajstić information content (AvgIpc) is 3.52. The zero-order chi connectivity index (χ0) is 25.2. The number of hydrogen-bond acceptors (Lipinski definition) is 9. The summed E-state index contributed by atoms with van der Waals surface area (Å²) in [6.07, 6.45) is 10.7. The van der Waals surface area contributed by atoms with Crippen LogP contribution in [0.1, 0.15) is 5.56 Å². The first-order valence-electron chi connectivity index (χ1n) is 11.0. The number of fused-ring (bicyclic) bond motifs is 2. The molecule has 0 spiro atoms. The number of nitrogens with two attached hydrogens (primary N) is 1. The SMILES string of the molecule is CN=CC(=CN)c1cnc2ccc(Sc3nnc4c(OC)cc(-c5cnn(C)c5)cn34)cc2c1OC. The molecule has 0 bridgehead atoms. The van der Waals surface area contributed by atoms with Crippen molar-refractivity contribution in [1.29, 1.82) is 0 Å². The quantitative estimate of drug-likeness (QED) is 0.335. The fraction of sp³-hybridized carbons (Fsp3) is 0.160. The molecule has 0 atom stereocenters. The summed E-state index contributed by atoms with van der Waals surface area (Å²) in [4.78, 5) is 9.63. The maximum Gasteiger partial charge on any atom is 0.203 e. The minimum Gasteiger partial charge on any atom is -0.495 e. The van der Waals surface area contributed by atoms with E-state index in [-0.39, 0.29) is 0 Å². The van der Waals surface area contributed by atoms with Gasteiger partial charge in [0.15, 0.2) is 5.75 Å². The number of hydrogen-bond donors (Lipinski definition) is 1. The standard InChI is InChI=1S/C25H24N8O2S/c1-27-10-16(9-26)20-12-28-21-6-5-18(8-19(21)23(20)35-4)36-25-31-30-24-22(34-3)7-15(14-33(24)25)17-11-29-32(2)13-17/h5-14H,26H2,1-4H3. The zero-order valence-corrected chi connectivity index (χ0v) is 21.0. The van der Waals surface area contributed by atoms with Gasteiger partial charge in [0.2, 0.25) is 10.8 Å². The molecule has 4 heterocycles. The molecule has 4 aromatic heterocycles. The maximum atomic E-state index is 5.84. The van der Waals surface area contributed by atoms with Crippen molar-refractivity contribution in [3.63, 3.8) is 0 Å². The molecule has 182 valence electrons. The Morgan fingerprint density at radius 2 is 1.94 bits per heavy atom. The van der Waals surface area contributed by atoms with Crippen molar-refractivity contribution in [3.8, 4) is 22.6 Å². The van der Waals surface area contributed by atoms with Crippen LogP contribution < -0.4 is 15.2 Å². The lowest BCUT2D eigenvalue weighted by Crippen LogP contribution is -1.98. The second-order valence-corrected chi connectivity index (χ2v) is 8.91. The van der Waals surface area contributed by atoms with Gasteiger partial charge in [-0.05, 0) is 36.0 Å². The molecule has 0 unspecified atom stereocenters. The third-order valence-electron chi connectivity index (χ3n) is 5.66. The minimum absolute atomic E-state index is 0.628. The summed E-state index contributed by atoms with van der Waals surface area (Å²) in [5, 5.41) is 14.6. The van der Waals surface area contributed by atoms with Crippen LogP contribution in [0.25, 0.3) is 33.3 Å². The monoisotopic (exact) mass is 500 g/mol. The van der Waals surface area contributed by atoms with E-state index in [1.54, 1.807) is 38.4 Å². The molecule has 0 fully saturated rings. The number of aliphatic imine (C=N–C) groups is 1.